The summed E-state index contributed by atoms with van der Waals surface area (Å²) < 4.78 is 5.41. The number of hydrogen-bond donors (Lipinski definition) is 1. The fourth-order valence-corrected chi connectivity index (χ4v) is 3.90. The Morgan fingerprint density at radius 1 is 1.17 bits per heavy atom. The van der Waals surface area contributed by atoms with Gasteiger partial charge in [0.05, 0.1) is 11.6 Å². The number of carbonyl (C=O) groups excluding carboxylic acids is 1. The van der Waals surface area contributed by atoms with E-state index >= 15 is 0 Å². The average molecular weight is 425 g/mol. The van der Waals surface area contributed by atoms with Crippen LogP contribution in [0.1, 0.15) is 31.2 Å². The molecule has 2 heterocycles. The summed E-state index contributed by atoms with van der Waals surface area (Å²) in [6, 6.07) is 15.5. The van der Waals surface area contributed by atoms with Crippen molar-refractivity contribution < 1.29 is 9.32 Å². The summed E-state index contributed by atoms with van der Waals surface area (Å²) >= 11 is 6.21. The van der Waals surface area contributed by atoms with Crippen LogP contribution >= 0.6 is 11.6 Å². The molecule has 1 saturated heterocycles. The number of aryl methyl sites for hydroxylation is 1. The highest BCUT2D eigenvalue weighted by Crippen LogP contribution is 2.26. The number of rotatable bonds is 6. The van der Waals surface area contributed by atoms with Crippen LogP contribution < -0.4 is 5.32 Å². The lowest BCUT2D eigenvalue weighted by Gasteiger charge is -2.30. The maximum absolute atomic E-state index is 12.6. The quantitative estimate of drug-likeness (QED) is 0.615. The zero-order chi connectivity index (χ0) is 20.9. The lowest BCUT2D eigenvalue weighted by molar-refractivity contribution is -0.121. The fraction of sp³-hybridized carbons (Fsp3) is 0.348. The van der Waals surface area contributed by atoms with Gasteiger partial charge >= 0.3 is 0 Å². The number of amides is 1. The number of anilines is 1. The van der Waals surface area contributed by atoms with Crippen LogP contribution in [0.4, 0.5) is 5.69 Å². The van der Waals surface area contributed by atoms with Gasteiger partial charge in [-0.05, 0) is 62.2 Å². The van der Waals surface area contributed by atoms with Crippen LogP contribution in [0.3, 0.4) is 0 Å². The molecule has 1 aliphatic heterocycles. The van der Waals surface area contributed by atoms with Gasteiger partial charge in [0.2, 0.25) is 17.6 Å². The number of halogens is 1. The Morgan fingerprint density at radius 3 is 2.60 bits per heavy atom. The predicted octanol–water partition coefficient (Wildman–Crippen LogP) is 4.80. The normalized spacial score (nSPS) is 15.3. The number of nitrogens with one attached hydrogen (secondary N) is 1. The van der Waals surface area contributed by atoms with E-state index in [4.69, 9.17) is 16.1 Å². The van der Waals surface area contributed by atoms with Gasteiger partial charge in [0.25, 0.3) is 0 Å². The Balaban J connectivity index is 1.28. The van der Waals surface area contributed by atoms with Gasteiger partial charge in [0, 0.05) is 17.2 Å². The molecule has 30 heavy (non-hydrogen) atoms. The molecule has 1 aliphatic rings. The topological polar surface area (TPSA) is 71.3 Å². The maximum atomic E-state index is 12.6. The van der Waals surface area contributed by atoms with E-state index in [1.165, 1.54) is 5.56 Å². The van der Waals surface area contributed by atoms with Gasteiger partial charge in [-0.25, -0.2) is 0 Å². The van der Waals surface area contributed by atoms with Gasteiger partial charge in [0.15, 0.2) is 0 Å². The van der Waals surface area contributed by atoms with E-state index in [2.05, 4.69) is 39.4 Å². The standard InChI is InChI=1S/C23H25ClN4O2/c1-2-16-7-9-18(10-8-16)25-23(29)17-11-13-28(14-12-17)15-21-26-22(27-30-21)19-5-3-4-6-20(19)24/h3-10,17H,2,11-15H2,1H3,(H,25,29). The highest BCUT2D eigenvalue weighted by molar-refractivity contribution is 6.33. The van der Waals surface area contributed by atoms with Gasteiger partial charge in [-0.1, -0.05) is 47.9 Å². The smallest absolute Gasteiger partial charge is 0.241 e. The monoisotopic (exact) mass is 424 g/mol. The number of aromatic nitrogens is 2. The number of carbonyl (C=O) groups is 1. The Kier molecular flexibility index (Phi) is 6.45. The van der Waals surface area contributed by atoms with E-state index in [9.17, 15) is 4.79 Å². The fourth-order valence-electron chi connectivity index (χ4n) is 3.68. The average Bonchev–Trinajstić information content (AvgIpc) is 3.23. The van der Waals surface area contributed by atoms with Crippen molar-refractivity contribution in [3.63, 3.8) is 0 Å². The second-order valence-corrected chi connectivity index (χ2v) is 7.99. The van der Waals surface area contributed by atoms with Crippen LogP contribution in [0.15, 0.2) is 53.1 Å². The van der Waals surface area contributed by atoms with E-state index in [-0.39, 0.29) is 11.8 Å². The molecule has 7 heteroatoms. The molecule has 6 nitrogen and oxygen atoms in total. The van der Waals surface area contributed by atoms with Gasteiger partial charge in [0.1, 0.15) is 0 Å². The number of benzene rings is 2. The molecule has 0 spiro atoms. The molecule has 3 aromatic rings. The van der Waals surface area contributed by atoms with Crippen LogP contribution in [-0.2, 0) is 17.8 Å². The molecule has 1 aromatic heterocycles. The van der Waals surface area contributed by atoms with E-state index in [1.807, 2.05) is 30.3 Å². The summed E-state index contributed by atoms with van der Waals surface area (Å²) in [5, 5.41) is 7.70. The van der Waals surface area contributed by atoms with Gasteiger partial charge in [-0.3, -0.25) is 9.69 Å². The van der Waals surface area contributed by atoms with Crippen LogP contribution in [0.5, 0.6) is 0 Å². The summed E-state index contributed by atoms with van der Waals surface area (Å²) in [6.07, 6.45) is 2.61. The first-order valence-corrected chi connectivity index (χ1v) is 10.7. The SMILES string of the molecule is CCc1ccc(NC(=O)C2CCN(Cc3nc(-c4ccccc4Cl)no3)CC2)cc1. The first-order valence-electron chi connectivity index (χ1n) is 10.3. The van der Waals surface area contributed by atoms with Crippen molar-refractivity contribution >= 4 is 23.2 Å². The molecule has 2 aromatic carbocycles. The number of piperidine rings is 1. The van der Waals surface area contributed by atoms with E-state index in [0.29, 0.717) is 23.3 Å². The molecular formula is C23H25ClN4O2. The zero-order valence-corrected chi connectivity index (χ0v) is 17.7. The zero-order valence-electron chi connectivity index (χ0n) is 17.0. The lowest BCUT2D eigenvalue weighted by Crippen LogP contribution is -2.37. The molecule has 1 N–H and O–H groups in total. The van der Waals surface area contributed by atoms with Crippen molar-refractivity contribution in [2.45, 2.75) is 32.7 Å². The molecule has 0 atom stereocenters. The number of nitrogens with zero attached hydrogens (tertiary/aromatic N) is 3. The second-order valence-electron chi connectivity index (χ2n) is 7.58. The van der Waals surface area contributed by atoms with Crippen LogP contribution in [-0.4, -0.2) is 34.0 Å². The molecule has 0 radical (unpaired) electrons. The van der Waals surface area contributed by atoms with Crippen molar-refractivity contribution in [2.24, 2.45) is 5.92 Å². The van der Waals surface area contributed by atoms with Gasteiger partial charge in [-0.2, -0.15) is 4.98 Å². The molecule has 4 rings (SSSR count). The van der Waals surface area contributed by atoms with Crippen LogP contribution in [0, 0.1) is 5.92 Å². The highest BCUT2D eigenvalue weighted by Gasteiger charge is 2.26. The largest absolute Gasteiger partial charge is 0.338 e. The highest BCUT2D eigenvalue weighted by atomic mass is 35.5. The van der Waals surface area contributed by atoms with Crippen LogP contribution in [0.25, 0.3) is 11.4 Å². The molecule has 156 valence electrons. The number of hydrogen-bond acceptors (Lipinski definition) is 5. The molecule has 1 fully saturated rings. The third kappa shape index (κ3) is 4.89. The number of likely N-dealkylation sites (tertiary alicyclic amines) is 1. The first kappa shape index (κ1) is 20.6. The summed E-state index contributed by atoms with van der Waals surface area (Å²) in [6.45, 7) is 4.32. The second kappa shape index (κ2) is 9.41. The Morgan fingerprint density at radius 2 is 1.90 bits per heavy atom. The Hall–Kier alpha value is -2.70. The van der Waals surface area contributed by atoms with Crippen molar-refractivity contribution in [1.82, 2.24) is 15.0 Å². The predicted molar refractivity (Wildman–Crippen MR) is 117 cm³/mol. The van der Waals surface area contributed by atoms with Gasteiger partial charge in [-0.15, -0.1) is 0 Å². The van der Waals surface area contributed by atoms with Crippen molar-refractivity contribution in [1.29, 1.82) is 0 Å². The molecule has 0 aliphatic carbocycles. The molecular weight excluding hydrogens is 400 g/mol. The molecule has 0 unspecified atom stereocenters. The van der Waals surface area contributed by atoms with Crippen molar-refractivity contribution in [3.05, 3.63) is 65.0 Å². The van der Waals surface area contributed by atoms with E-state index in [1.54, 1.807) is 6.07 Å². The van der Waals surface area contributed by atoms with Crippen LogP contribution in [0.2, 0.25) is 5.02 Å². The van der Waals surface area contributed by atoms with E-state index < -0.39 is 0 Å². The van der Waals surface area contributed by atoms with Crippen molar-refractivity contribution in [3.8, 4) is 11.4 Å². The molecule has 0 bridgehead atoms. The molecule has 0 saturated carbocycles. The molecule has 1 amide bonds. The minimum Gasteiger partial charge on any atom is -0.338 e. The minimum absolute atomic E-state index is 0.0217. The summed E-state index contributed by atoms with van der Waals surface area (Å²) in [7, 11) is 0. The third-order valence-electron chi connectivity index (χ3n) is 5.53. The third-order valence-corrected chi connectivity index (χ3v) is 5.86. The summed E-state index contributed by atoms with van der Waals surface area (Å²) in [5.74, 6) is 1.17. The Labute approximate surface area is 181 Å². The summed E-state index contributed by atoms with van der Waals surface area (Å²) in [4.78, 5) is 19.3. The Bertz CT molecular complexity index is 994. The first-order chi connectivity index (χ1) is 14.6. The maximum Gasteiger partial charge on any atom is 0.241 e. The summed E-state index contributed by atoms with van der Waals surface area (Å²) in [5.41, 5.74) is 2.88. The lowest BCUT2D eigenvalue weighted by atomic mass is 9.96. The van der Waals surface area contributed by atoms with E-state index in [0.717, 1.165) is 43.6 Å². The van der Waals surface area contributed by atoms with Gasteiger partial charge < -0.3 is 9.84 Å². The van der Waals surface area contributed by atoms with Crippen molar-refractivity contribution in [2.75, 3.05) is 18.4 Å². The minimum atomic E-state index is 0.0217.